The summed E-state index contributed by atoms with van der Waals surface area (Å²) in [5.74, 6) is 0.377. The first-order valence-corrected chi connectivity index (χ1v) is 10.1. The minimum Gasteiger partial charge on any atom is -0.479 e. The summed E-state index contributed by atoms with van der Waals surface area (Å²) in [6.07, 6.45) is 6.29. The van der Waals surface area contributed by atoms with Gasteiger partial charge in [0.1, 0.15) is 5.52 Å². The number of aromatic nitrogens is 2. The van der Waals surface area contributed by atoms with Crippen LogP contribution >= 0.6 is 11.3 Å². The topological polar surface area (TPSA) is 126 Å². The van der Waals surface area contributed by atoms with Crippen molar-refractivity contribution in [2.45, 2.75) is 19.8 Å². The van der Waals surface area contributed by atoms with E-state index in [4.69, 9.17) is 10.5 Å². The van der Waals surface area contributed by atoms with Crippen LogP contribution in [0, 0.1) is 5.41 Å². The normalized spacial score (nSPS) is 17.1. The molecule has 1 aliphatic heterocycles. The maximum Gasteiger partial charge on any atom is 0.323 e. The number of carbonyl (C=O) groups excluding carboxylic acids is 1. The summed E-state index contributed by atoms with van der Waals surface area (Å²) in [6.45, 7) is 3.36. The maximum atomic E-state index is 12.7. The molecule has 0 aliphatic carbocycles. The Hall–Kier alpha value is -2.72. The van der Waals surface area contributed by atoms with Crippen molar-refractivity contribution >= 4 is 44.5 Å². The second-order valence-electron chi connectivity index (χ2n) is 7.27. The monoisotopic (exact) mass is 418 g/mol. The molecule has 1 saturated heterocycles. The van der Waals surface area contributed by atoms with Gasteiger partial charge in [0.05, 0.1) is 11.8 Å². The van der Waals surface area contributed by atoms with E-state index in [1.807, 2.05) is 6.92 Å². The molecular formula is C19H26N6O3S. The van der Waals surface area contributed by atoms with Crippen LogP contribution in [0.4, 0.5) is 9.93 Å². The Bertz CT molecular complexity index is 947. The molecule has 1 fully saturated rings. The molecule has 0 aromatic carbocycles. The molecule has 0 spiro atoms. The SMILES string of the molecule is CN=C/C(=C\N)c1cnc(OC)c2nc(NC(=O)N3CCC(C)(CO)CC3)sc12. The minimum atomic E-state index is -0.206. The van der Waals surface area contributed by atoms with Gasteiger partial charge in [0.2, 0.25) is 5.88 Å². The molecule has 0 saturated carbocycles. The van der Waals surface area contributed by atoms with Crippen LogP contribution in [0.2, 0.25) is 0 Å². The third kappa shape index (κ3) is 4.33. The number of aliphatic hydroxyl groups is 1. The Balaban J connectivity index is 1.86. The molecule has 29 heavy (non-hydrogen) atoms. The highest BCUT2D eigenvalue weighted by Gasteiger charge is 2.31. The third-order valence-corrected chi connectivity index (χ3v) is 6.19. The van der Waals surface area contributed by atoms with Gasteiger partial charge in [-0.05, 0) is 18.3 Å². The molecule has 9 nitrogen and oxygen atoms in total. The second-order valence-corrected chi connectivity index (χ2v) is 8.27. The molecule has 2 aromatic rings. The van der Waals surface area contributed by atoms with Crippen LogP contribution in [0.1, 0.15) is 25.3 Å². The number of carbonyl (C=O) groups is 1. The van der Waals surface area contributed by atoms with Crippen molar-refractivity contribution in [2.75, 3.05) is 39.2 Å². The van der Waals surface area contributed by atoms with E-state index in [9.17, 15) is 9.90 Å². The fourth-order valence-electron chi connectivity index (χ4n) is 3.22. The Kier molecular flexibility index (Phi) is 6.33. The Morgan fingerprint density at radius 2 is 2.24 bits per heavy atom. The van der Waals surface area contributed by atoms with Crippen molar-refractivity contribution in [1.82, 2.24) is 14.9 Å². The number of nitrogens with one attached hydrogen (secondary N) is 1. The number of fused-ring (bicyclic) bond motifs is 1. The van der Waals surface area contributed by atoms with E-state index in [1.165, 1.54) is 24.6 Å². The zero-order valence-corrected chi connectivity index (χ0v) is 17.6. The quantitative estimate of drug-likeness (QED) is 0.640. The molecule has 0 bridgehead atoms. The molecule has 3 rings (SSSR count). The van der Waals surface area contributed by atoms with Crippen molar-refractivity contribution < 1.29 is 14.6 Å². The van der Waals surface area contributed by atoms with Gasteiger partial charge >= 0.3 is 6.03 Å². The number of hydrogen-bond donors (Lipinski definition) is 3. The molecular weight excluding hydrogens is 392 g/mol. The van der Waals surface area contributed by atoms with Crippen LogP contribution in [0.3, 0.4) is 0 Å². The van der Waals surface area contributed by atoms with Crippen LogP contribution in [0.5, 0.6) is 5.88 Å². The Morgan fingerprint density at radius 3 is 2.83 bits per heavy atom. The number of likely N-dealkylation sites (tertiary alicyclic amines) is 1. The molecule has 4 N–H and O–H groups in total. The summed E-state index contributed by atoms with van der Waals surface area (Å²) < 4.78 is 6.13. The molecule has 3 heterocycles. The lowest BCUT2D eigenvalue weighted by Gasteiger charge is -2.37. The molecule has 10 heteroatoms. The summed E-state index contributed by atoms with van der Waals surface area (Å²) in [6, 6.07) is -0.206. The highest BCUT2D eigenvalue weighted by Crippen LogP contribution is 2.36. The van der Waals surface area contributed by atoms with Crippen LogP contribution in [0.15, 0.2) is 17.4 Å². The number of aliphatic imine (C=N–C) groups is 1. The lowest BCUT2D eigenvalue weighted by molar-refractivity contribution is 0.0728. The lowest BCUT2D eigenvalue weighted by atomic mass is 9.81. The van der Waals surface area contributed by atoms with Crippen molar-refractivity contribution in [3.8, 4) is 5.88 Å². The van der Waals surface area contributed by atoms with Gasteiger partial charge in [0.15, 0.2) is 5.13 Å². The standard InChI is InChI=1S/C19H26N6O3S/c1-19(11-26)4-6-25(7-5-19)18(27)24-17-23-14-15(29-17)13(10-22-16(14)28-3)12(8-20)9-21-2/h8-10,26H,4-7,11,20H2,1-3H3,(H,23,24,27)/b12-8+,21-9?. The van der Waals surface area contributed by atoms with Crippen LogP contribution in [-0.2, 0) is 0 Å². The van der Waals surface area contributed by atoms with Gasteiger partial charge < -0.3 is 20.5 Å². The second kappa shape index (κ2) is 8.75. The van der Waals surface area contributed by atoms with E-state index in [2.05, 4.69) is 20.3 Å². The highest BCUT2D eigenvalue weighted by atomic mass is 32.1. The average Bonchev–Trinajstić information content (AvgIpc) is 3.15. The Labute approximate surface area is 173 Å². The van der Waals surface area contributed by atoms with E-state index >= 15 is 0 Å². The number of amides is 2. The predicted molar refractivity (Wildman–Crippen MR) is 116 cm³/mol. The fourth-order valence-corrected chi connectivity index (χ4v) is 4.20. The lowest BCUT2D eigenvalue weighted by Crippen LogP contribution is -2.45. The van der Waals surface area contributed by atoms with Gasteiger partial charge in [0, 0.05) is 56.5 Å². The van der Waals surface area contributed by atoms with E-state index < -0.39 is 0 Å². The highest BCUT2D eigenvalue weighted by molar-refractivity contribution is 7.22. The molecule has 0 atom stereocenters. The van der Waals surface area contributed by atoms with E-state index in [1.54, 1.807) is 24.4 Å². The van der Waals surface area contributed by atoms with Crippen molar-refractivity contribution in [3.05, 3.63) is 18.0 Å². The van der Waals surface area contributed by atoms with E-state index in [-0.39, 0.29) is 18.1 Å². The molecule has 156 valence electrons. The summed E-state index contributed by atoms with van der Waals surface area (Å²) in [5, 5.41) is 12.8. The molecule has 2 amide bonds. The van der Waals surface area contributed by atoms with Gasteiger partial charge in [0.25, 0.3) is 0 Å². The van der Waals surface area contributed by atoms with Gasteiger partial charge in [-0.3, -0.25) is 10.3 Å². The number of methoxy groups -OCH3 is 1. The van der Waals surface area contributed by atoms with Gasteiger partial charge in [-0.25, -0.2) is 14.8 Å². The minimum absolute atomic E-state index is 0.119. The van der Waals surface area contributed by atoms with Crippen molar-refractivity contribution in [1.29, 1.82) is 0 Å². The number of anilines is 1. The largest absolute Gasteiger partial charge is 0.479 e. The first-order valence-electron chi connectivity index (χ1n) is 9.29. The molecule has 0 radical (unpaired) electrons. The van der Waals surface area contributed by atoms with E-state index in [0.717, 1.165) is 23.1 Å². The number of aliphatic hydroxyl groups excluding tert-OH is 1. The van der Waals surface area contributed by atoms with Crippen LogP contribution in [-0.4, -0.2) is 66.1 Å². The van der Waals surface area contributed by atoms with Crippen LogP contribution in [0.25, 0.3) is 15.8 Å². The van der Waals surface area contributed by atoms with Gasteiger partial charge in [-0.1, -0.05) is 18.3 Å². The first kappa shape index (κ1) is 21.0. The summed E-state index contributed by atoms with van der Waals surface area (Å²) >= 11 is 1.33. The van der Waals surface area contributed by atoms with E-state index in [0.29, 0.717) is 35.2 Å². The third-order valence-electron chi connectivity index (χ3n) is 5.19. The maximum absolute atomic E-state index is 12.7. The number of hydrogen-bond acceptors (Lipinski definition) is 8. The predicted octanol–water partition coefficient (Wildman–Crippen LogP) is 2.33. The number of rotatable bonds is 5. The molecule has 1 aliphatic rings. The smallest absolute Gasteiger partial charge is 0.323 e. The zero-order valence-electron chi connectivity index (χ0n) is 16.8. The number of pyridine rings is 1. The number of thiazole rings is 1. The average molecular weight is 419 g/mol. The van der Waals surface area contributed by atoms with Crippen molar-refractivity contribution in [2.24, 2.45) is 16.1 Å². The number of nitrogens with zero attached hydrogens (tertiary/aromatic N) is 4. The first-order chi connectivity index (χ1) is 13.9. The fraction of sp³-hybridized carbons (Fsp3) is 0.474. The van der Waals surface area contributed by atoms with Crippen molar-refractivity contribution in [3.63, 3.8) is 0 Å². The summed E-state index contributed by atoms with van der Waals surface area (Å²) in [5.41, 5.74) is 7.66. The number of allylic oxidation sites excluding steroid dienone is 1. The zero-order chi connectivity index (χ0) is 21.0. The summed E-state index contributed by atoms with van der Waals surface area (Å²) in [4.78, 5) is 27.3. The van der Waals surface area contributed by atoms with Crippen LogP contribution < -0.4 is 15.8 Å². The van der Waals surface area contributed by atoms with Gasteiger partial charge in [-0.2, -0.15) is 0 Å². The Morgan fingerprint density at radius 1 is 1.52 bits per heavy atom. The van der Waals surface area contributed by atoms with Gasteiger partial charge in [-0.15, -0.1) is 0 Å². The molecule has 0 unspecified atom stereocenters. The number of piperidine rings is 1. The summed E-state index contributed by atoms with van der Waals surface area (Å²) in [7, 11) is 3.19. The number of ether oxygens (including phenoxy) is 1. The number of urea groups is 1. The molecule has 2 aromatic heterocycles. The number of nitrogens with two attached hydrogens (primary N) is 1.